The third-order valence-corrected chi connectivity index (χ3v) is 3.87. The van der Waals surface area contributed by atoms with Gasteiger partial charge in [-0.05, 0) is 32.1 Å². The second-order valence-corrected chi connectivity index (χ2v) is 5.23. The zero-order valence-corrected chi connectivity index (χ0v) is 11.8. The van der Waals surface area contributed by atoms with Crippen molar-refractivity contribution in [2.24, 2.45) is 7.05 Å². The molecule has 0 saturated heterocycles. The Bertz CT molecular complexity index is 375. The van der Waals surface area contributed by atoms with E-state index >= 15 is 0 Å². The standard InChI is InChI=1S/C14H25N3O/c1-4-14-11(10-17(2)16-14)9-15-12-6-5-7-13(8-12)18-3/h10,12-13,15H,4-9H2,1-3H3. The highest BCUT2D eigenvalue weighted by molar-refractivity contribution is 5.16. The van der Waals surface area contributed by atoms with Gasteiger partial charge in [0.1, 0.15) is 0 Å². The minimum absolute atomic E-state index is 0.441. The van der Waals surface area contributed by atoms with Gasteiger partial charge < -0.3 is 10.1 Å². The van der Waals surface area contributed by atoms with Crippen LogP contribution in [0.25, 0.3) is 0 Å². The molecular weight excluding hydrogens is 226 g/mol. The summed E-state index contributed by atoms with van der Waals surface area (Å²) in [7, 11) is 3.81. The zero-order valence-electron chi connectivity index (χ0n) is 11.8. The summed E-state index contributed by atoms with van der Waals surface area (Å²) in [5.41, 5.74) is 2.55. The first kappa shape index (κ1) is 13.6. The van der Waals surface area contributed by atoms with Crippen LogP contribution in [0.3, 0.4) is 0 Å². The highest BCUT2D eigenvalue weighted by atomic mass is 16.5. The number of aryl methyl sites for hydroxylation is 2. The van der Waals surface area contributed by atoms with Gasteiger partial charge in [0.05, 0.1) is 11.8 Å². The van der Waals surface area contributed by atoms with Crippen LogP contribution >= 0.6 is 0 Å². The molecule has 0 radical (unpaired) electrons. The summed E-state index contributed by atoms with van der Waals surface area (Å²) in [5.74, 6) is 0. The molecule has 0 bridgehead atoms. The van der Waals surface area contributed by atoms with Crippen LogP contribution < -0.4 is 5.32 Å². The molecule has 102 valence electrons. The van der Waals surface area contributed by atoms with Crippen molar-refractivity contribution in [3.63, 3.8) is 0 Å². The molecule has 1 fully saturated rings. The van der Waals surface area contributed by atoms with E-state index in [1.54, 1.807) is 0 Å². The van der Waals surface area contributed by atoms with Gasteiger partial charge in [-0.15, -0.1) is 0 Å². The van der Waals surface area contributed by atoms with Crippen LogP contribution in [0.15, 0.2) is 6.20 Å². The van der Waals surface area contributed by atoms with Crippen molar-refractivity contribution in [3.8, 4) is 0 Å². The van der Waals surface area contributed by atoms with Gasteiger partial charge >= 0.3 is 0 Å². The molecule has 0 aliphatic heterocycles. The van der Waals surface area contributed by atoms with Crippen LogP contribution in [0, 0.1) is 0 Å². The summed E-state index contributed by atoms with van der Waals surface area (Å²) in [5, 5.41) is 8.13. The fourth-order valence-corrected chi connectivity index (χ4v) is 2.83. The Morgan fingerprint density at radius 1 is 1.50 bits per heavy atom. The second-order valence-electron chi connectivity index (χ2n) is 5.23. The summed E-state index contributed by atoms with van der Waals surface area (Å²) >= 11 is 0. The summed E-state index contributed by atoms with van der Waals surface area (Å²) in [6, 6.07) is 0.591. The molecular formula is C14H25N3O. The van der Waals surface area contributed by atoms with Crippen LogP contribution in [0.5, 0.6) is 0 Å². The lowest BCUT2D eigenvalue weighted by atomic mass is 9.92. The lowest BCUT2D eigenvalue weighted by Gasteiger charge is -2.28. The van der Waals surface area contributed by atoms with Crippen LogP contribution in [0.4, 0.5) is 0 Å². The average Bonchev–Trinajstić information content (AvgIpc) is 2.77. The number of aromatic nitrogens is 2. The molecule has 1 aromatic heterocycles. The van der Waals surface area contributed by atoms with Crippen molar-refractivity contribution in [2.75, 3.05) is 7.11 Å². The van der Waals surface area contributed by atoms with E-state index in [0.717, 1.165) is 19.4 Å². The van der Waals surface area contributed by atoms with Crippen molar-refractivity contribution in [3.05, 3.63) is 17.5 Å². The van der Waals surface area contributed by atoms with Crippen LogP contribution in [0.1, 0.15) is 43.9 Å². The van der Waals surface area contributed by atoms with Crippen LogP contribution in [-0.2, 0) is 24.8 Å². The summed E-state index contributed by atoms with van der Waals surface area (Å²) in [6.45, 7) is 3.09. The molecule has 1 saturated carbocycles. The minimum atomic E-state index is 0.441. The SMILES string of the molecule is CCc1nn(C)cc1CNC1CCCC(OC)C1. The number of ether oxygens (including phenoxy) is 1. The van der Waals surface area contributed by atoms with Crippen molar-refractivity contribution in [1.29, 1.82) is 0 Å². The molecule has 2 unspecified atom stereocenters. The van der Waals surface area contributed by atoms with Crippen molar-refractivity contribution >= 4 is 0 Å². The maximum Gasteiger partial charge on any atom is 0.0666 e. The molecule has 2 atom stereocenters. The lowest BCUT2D eigenvalue weighted by molar-refractivity contribution is 0.0586. The normalized spacial score (nSPS) is 24.4. The molecule has 1 aliphatic carbocycles. The van der Waals surface area contributed by atoms with E-state index in [2.05, 4.69) is 23.5 Å². The minimum Gasteiger partial charge on any atom is -0.381 e. The molecule has 0 aromatic carbocycles. The smallest absolute Gasteiger partial charge is 0.0666 e. The molecule has 4 nitrogen and oxygen atoms in total. The highest BCUT2D eigenvalue weighted by Gasteiger charge is 2.21. The largest absolute Gasteiger partial charge is 0.381 e. The predicted octanol–water partition coefficient (Wildman–Crippen LogP) is 2.03. The number of nitrogens with one attached hydrogen (secondary N) is 1. The lowest BCUT2D eigenvalue weighted by Crippen LogP contribution is -2.36. The maximum atomic E-state index is 5.47. The third kappa shape index (κ3) is 3.33. The van der Waals surface area contributed by atoms with Gasteiger partial charge in [-0.3, -0.25) is 4.68 Å². The predicted molar refractivity (Wildman–Crippen MR) is 72.5 cm³/mol. The second kappa shape index (κ2) is 6.34. The summed E-state index contributed by atoms with van der Waals surface area (Å²) in [6.07, 6.45) is 8.45. The zero-order chi connectivity index (χ0) is 13.0. The average molecular weight is 251 g/mol. The van der Waals surface area contributed by atoms with E-state index in [-0.39, 0.29) is 0 Å². The Balaban J connectivity index is 1.86. The van der Waals surface area contributed by atoms with Gasteiger partial charge in [-0.25, -0.2) is 0 Å². The van der Waals surface area contributed by atoms with Crippen LogP contribution in [-0.4, -0.2) is 29.0 Å². The molecule has 0 spiro atoms. The fourth-order valence-electron chi connectivity index (χ4n) is 2.83. The van der Waals surface area contributed by atoms with E-state index in [1.807, 2.05) is 18.8 Å². The molecule has 2 rings (SSSR count). The first-order valence-electron chi connectivity index (χ1n) is 7.00. The topological polar surface area (TPSA) is 39.1 Å². The fraction of sp³-hybridized carbons (Fsp3) is 0.786. The molecule has 0 amide bonds. The van der Waals surface area contributed by atoms with Crippen LogP contribution in [0.2, 0.25) is 0 Å². The van der Waals surface area contributed by atoms with E-state index in [4.69, 9.17) is 4.74 Å². The van der Waals surface area contributed by atoms with Gasteiger partial charge in [0.2, 0.25) is 0 Å². The maximum absolute atomic E-state index is 5.47. The number of methoxy groups -OCH3 is 1. The van der Waals surface area contributed by atoms with E-state index in [1.165, 1.54) is 30.5 Å². The Morgan fingerprint density at radius 2 is 2.33 bits per heavy atom. The molecule has 1 aliphatic rings. The Hall–Kier alpha value is -0.870. The first-order valence-corrected chi connectivity index (χ1v) is 7.00. The molecule has 4 heteroatoms. The monoisotopic (exact) mass is 251 g/mol. The number of hydrogen-bond acceptors (Lipinski definition) is 3. The van der Waals surface area contributed by atoms with E-state index < -0.39 is 0 Å². The van der Waals surface area contributed by atoms with Gasteiger partial charge in [0.15, 0.2) is 0 Å². The quantitative estimate of drug-likeness (QED) is 0.870. The number of rotatable bonds is 5. The first-order chi connectivity index (χ1) is 8.72. The highest BCUT2D eigenvalue weighted by Crippen LogP contribution is 2.21. The number of hydrogen-bond donors (Lipinski definition) is 1. The summed E-state index contributed by atoms with van der Waals surface area (Å²) in [4.78, 5) is 0. The number of nitrogens with zero attached hydrogens (tertiary/aromatic N) is 2. The molecule has 1 aromatic rings. The Labute approximate surface area is 110 Å². The molecule has 18 heavy (non-hydrogen) atoms. The summed E-state index contributed by atoms with van der Waals surface area (Å²) < 4.78 is 7.38. The van der Waals surface area contributed by atoms with Gasteiger partial charge in [0, 0.05) is 38.5 Å². The van der Waals surface area contributed by atoms with Gasteiger partial charge in [-0.1, -0.05) is 6.92 Å². The van der Waals surface area contributed by atoms with Crippen molar-refractivity contribution < 1.29 is 4.74 Å². The Morgan fingerprint density at radius 3 is 3.06 bits per heavy atom. The van der Waals surface area contributed by atoms with Crippen molar-refractivity contribution in [1.82, 2.24) is 15.1 Å². The van der Waals surface area contributed by atoms with E-state index in [0.29, 0.717) is 12.1 Å². The van der Waals surface area contributed by atoms with Gasteiger partial charge in [-0.2, -0.15) is 5.10 Å². The van der Waals surface area contributed by atoms with E-state index in [9.17, 15) is 0 Å². The third-order valence-electron chi connectivity index (χ3n) is 3.87. The van der Waals surface area contributed by atoms with Crippen molar-refractivity contribution in [2.45, 2.75) is 57.7 Å². The Kier molecular flexibility index (Phi) is 4.78. The molecule has 1 heterocycles. The molecule has 1 N–H and O–H groups in total. The van der Waals surface area contributed by atoms with Gasteiger partial charge in [0.25, 0.3) is 0 Å².